The van der Waals surface area contributed by atoms with Gasteiger partial charge in [-0.15, -0.1) is 0 Å². The van der Waals surface area contributed by atoms with E-state index in [4.69, 9.17) is 5.11 Å². The number of Topliss-reactive ketones (excluding diaryl/α,β-unsaturated/α-hetero) is 1. The third-order valence-electron chi connectivity index (χ3n) is 4.15. The van der Waals surface area contributed by atoms with Gasteiger partial charge in [0.1, 0.15) is 6.54 Å². The van der Waals surface area contributed by atoms with Crippen LogP contribution in [0.15, 0.2) is 48.5 Å². The number of para-hydroxylation sites is 1. The molecule has 1 aliphatic rings. The van der Waals surface area contributed by atoms with Gasteiger partial charge in [0.05, 0.1) is 0 Å². The van der Waals surface area contributed by atoms with Crippen molar-refractivity contribution < 1.29 is 14.7 Å². The second-order valence-corrected chi connectivity index (χ2v) is 6.17. The second-order valence-electron chi connectivity index (χ2n) is 5.61. The average Bonchev–Trinajstić information content (AvgIpc) is 2.90. The van der Waals surface area contributed by atoms with Crippen LogP contribution < -0.4 is 5.32 Å². The van der Waals surface area contributed by atoms with Crippen molar-refractivity contribution >= 4 is 30.1 Å². The zero-order chi connectivity index (χ0) is 16.4. The van der Waals surface area contributed by atoms with E-state index in [0.717, 1.165) is 11.1 Å². The largest absolute Gasteiger partial charge is 0.480 e. The van der Waals surface area contributed by atoms with Gasteiger partial charge >= 0.3 is 5.97 Å². The van der Waals surface area contributed by atoms with Crippen LogP contribution >= 0.6 is 12.6 Å². The lowest BCUT2D eigenvalue weighted by molar-refractivity contribution is -0.134. The van der Waals surface area contributed by atoms with Crippen molar-refractivity contribution in [2.24, 2.45) is 5.92 Å². The van der Waals surface area contributed by atoms with Gasteiger partial charge in [-0.3, -0.25) is 9.59 Å². The molecule has 4 nitrogen and oxygen atoms in total. The van der Waals surface area contributed by atoms with E-state index in [-0.39, 0.29) is 23.5 Å². The summed E-state index contributed by atoms with van der Waals surface area (Å²) in [7, 11) is 0. The number of thiol groups is 1. The molecule has 2 N–H and O–H groups in total. The number of carboxylic acids is 1. The lowest BCUT2D eigenvalue weighted by Gasteiger charge is -2.17. The Bertz CT molecular complexity index is 759. The minimum absolute atomic E-state index is 0.00492. The van der Waals surface area contributed by atoms with E-state index in [9.17, 15) is 9.59 Å². The first-order chi connectivity index (χ1) is 11.1. The third kappa shape index (κ3) is 3.10. The molecule has 5 heteroatoms. The fourth-order valence-corrected chi connectivity index (χ4v) is 3.53. The topological polar surface area (TPSA) is 66.4 Å². The molecule has 2 atom stereocenters. The third-order valence-corrected chi connectivity index (χ3v) is 4.79. The number of carbonyl (C=O) groups is 2. The van der Waals surface area contributed by atoms with Crippen molar-refractivity contribution in [2.45, 2.75) is 11.7 Å². The first-order valence-corrected chi connectivity index (χ1v) is 7.94. The molecule has 0 heterocycles. The van der Waals surface area contributed by atoms with Crippen LogP contribution in [-0.4, -0.2) is 23.4 Å². The van der Waals surface area contributed by atoms with Gasteiger partial charge in [-0.05, 0) is 29.7 Å². The molecular formula is C18H17NO3S. The van der Waals surface area contributed by atoms with Crippen LogP contribution in [-0.2, 0) is 11.2 Å². The molecule has 0 radical (unpaired) electrons. The lowest BCUT2D eigenvalue weighted by Crippen LogP contribution is -2.20. The minimum atomic E-state index is -0.965. The quantitative estimate of drug-likeness (QED) is 0.583. The Morgan fingerprint density at radius 1 is 1.13 bits per heavy atom. The number of carboxylic acid groups (broad SMARTS) is 1. The molecule has 0 fully saturated rings. The van der Waals surface area contributed by atoms with Gasteiger partial charge < -0.3 is 10.4 Å². The average molecular weight is 327 g/mol. The molecule has 1 aliphatic carbocycles. The molecule has 2 unspecified atom stereocenters. The zero-order valence-corrected chi connectivity index (χ0v) is 13.3. The number of carbonyl (C=O) groups excluding carboxylic acids is 1. The van der Waals surface area contributed by atoms with Gasteiger partial charge in [-0.1, -0.05) is 36.4 Å². The van der Waals surface area contributed by atoms with Gasteiger partial charge in [-0.2, -0.15) is 12.6 Å². The molecule has 2 aromatic carbocycles. The summed E-state index contributed by atoms with van der Waals surface area (Å²) in [5, 5.41) is 11.5. The summed E-state index contributed by atoms with van der Waals surface area (Å²) in [5.74, 6) is -1.20. The van der Waals surface area contributed by atoms with E-state index >= 15 is 0 Å². The van der Waals surface area contributed by atoms with Gasteiger partial charge in [-0.25, -0.2) is 0 Å². The van der Waals surface area contributed by atoms with E-state index in [1.165, 1.54) is 0 Å². The monoisotopic (exact) mass is 327 g/mol. The Morgan fingerprint density at radius 2 is 1.83 bits per heavy atom. The van der Waals surface area contributed by atoms with Crippen molar-refractivity contribution in [3.05, 3.63) is 65.2 Å². The van der Waals surface area contributed by atoms with Crippen LogP contribution in [0.1, 0.15) is 26.7 Å². The number of rotatable bonds is 5. The van der Waals surface area contributed by atoms with Crippen molar-refractivity contribution in [1.29, 1.82) is 0 Å². The van der Waals surface area contributed by atoms with Crippen LogP contribution in [0.25, 0.3) is 0 Å². The second kappa shape index (κ2) is 6.46. The van der Waals surface area contributed by atoms with Crippen molar-refractivity contribution in [3.63, 3.8) is 0 Å². The molecular weight excluding hydrogens is 310 g/mol. The van der Waals surface area contributed by atoms with E-state index in [1.54, 1.807) is 24.3 Å². The SMILES string of the molecule is O=C(O)CNc1ccccc1C(=O)C1Cc2ccccc2C1S. The van der Waals surface area contributed by atoms with E-state index < -0.39 is 5.97 Å². The van der Waals surface area contributed by atoms with E-state index in [1.807, 2.05) is 24.3 Å². The van der Waals surface area contributed by atoms with Crippen LogP contribution in [0.2, 0.25) is 0 Å². The van der Waals surface area contributed by atoms with Gasteiger partial charge in [0.25, 0.3) is 0 Å². The summed E-state index contributed by atoms with van der Waals surface area (Å²) in [4.78, 5) is 23.7. The number of benzene rings is 2. The summed E-state index contributed by atoms with van der Waals surface area (Å²) < 4.78 is 0. The smallest absolute Gasteiger partial charge is 0.322 e. The molecule has 0 amide bonds. The Balaban J connectivity index is 1.86. The number of anilines is 1. The maximum absolute atomic E-state index is 13.0. The van der Waals surface area contributed by atoms with Gasteiger partial charge in [0.15, 0.2) is 5.78 Å². The normalized spacial score (nSPS) is 19.2. The Morgan fingerprint density at radius 3 is 2.57 bits per heavy atom. The fraction of sp³-hybridized carbons (Fsp3) is 0.222. The maximum atomic E-state index is 13.0. The molecule has 0 saturated heterocycles. The highest BCUT2D eigenvalue weighted by atomic mass is 32.1. The molecule has 0 aromatic heterocycles. The highest BCUT2D eigenvalue weighted by molar-refractivity contribution is 7.80. The molecule has 0 saturated carbocycles. The summed E-state index contributed by atoms with van der Waals surface area (Å²) in [6, 6.07) is 15.0. The number of hydrogen-bond donors (Lipinski definition) is 3. The fourth-order valence-electron chi connectivity index (χ4n) is 3.03. The minimum Gasteiger partial charge on any atom is -0.480 e. The molecule has 3 rings (SSSR count). The number of ketones is 1. The highest BCUT2D eigenvalue weighted by Crippen LogP contribution is 2.42. The molecule has 2 aromatic rings. The Kier molecular flexibility index (Phi) is 4.39. The summed E-state index contributed by atoms with van der Waals surface area (Å²) in [6.07, 6.45) is 0.663. The number of nitrogens with one attached hydrogen (secondary N) is 1. The lowest BCUT2D eigenvalue weighted by atomic mass is 9.93. The molecule has 23 heavy (non-hydrogen) atoms. The van der Waals surface area contributed by atoms with Crippen LogP contribution in [0.5, 0.6) is 0 Å². The van der Waals surface area contributed by atoms with Gasteiger partial charge in [0.2, 0.25) is 0 Å². The summed E-state index contributed by atoms with van der Waals surface area (Å²) in [6.45, 7) is -0.223. The Labute approximate surface area is 139 Å². The highest BCUT2D eigenvalue weighted by Gasteiger charge is 2.35. The molecule has 0 aliphatic heterocycles. The standard InChI is InChI=1S/C18H17NO3S/c20-16(21)10-19-15-8-4-3-7-13(15)17(22)14-9-11-5-1-2-6-12(11)18(14)23/h1-8,14,18-19,23H,9-10H2,(H,20,21). The summed E-state index contributed by atoms with van der Waals surface area (Å²) in [5.41, 5.74) is 3.33. The summed E-state index contributed by atoms with van der Waals surface area (Å²) >= 11 is 4.64. The molecule has 0 spiro atoms. The van der Waals surface area contributed by atoms with E-state index in [0.29, 0.717) is 17.7 Å². The molecule has 118 valence electrons. The first kappa shape index (κ1) is 15.6. The first-order valence-electron chi connectivity index (χ1n) is 7.42. The Hall–Kier alpha value is -2.27. The molecule has 0 bridgehead atoms. The predicted molar refractivity (Wildman–Crippen MR) is 92.3 cm³/mol. The van der Waals surface area contributed by atoms with Crippen molar-refractivity contribution in [3.8, 4) is 0 Å². The van der Waals surface area contributed by atoms with Crippen molar-refractivity contribution in [1.82, 2.24) is 0 Å². The number of hydrogen-bond acceptors (Lipinski definition) is 4. The van der Waals surface area contributed by atoms with Crippen LogP contribution in [0.3, 0.4) is 0 Å². The maximum Gasteiger partial charge on any atom is 0.322 e. The van der Waals surface area contributed by atoms with Crippen molar-refractivity contribution in [2.75, 3.05) is 11.9 Å². The number of fused-ring (bicyclic) bond motifs is 1. The van der Waals surface area contributed by atoms with Gasteiger partial charge in [0, 0.05) is 22.4 Å². The number of aliphatic carboxylic acids is 1. The zero-order valence-electron chi connectivity index (χ0n) is 12.4. The van der Waals surface area contributed by atoms with Crippen LogP contribution in [0.4, 0.5) is 5.69 Å². The van der Waals surface area contributed by atoms with Crippen LogP contribution in [0, 0.1) is 5.92 Å². The predicted octanol–water partition coefficient (Wildman–Crippen LogP) is 3.21. The van der Waals surface area contributed by atoms with E-state index in [2.05, 4.69) is 17.9 Å².